The van der Waals surface area contributed by atoms with Crippen molar-refractivity contribution in [1.29, 1.82) is 0 Å². The van der Waals surface area contributed by atoms with Gasteiger partial charge in [-0.05, 0) is 12.8 Å². The monoisotopic (exact) mass is 398 g/mol. The van der Waals surface area contributed by atoms with Gasteiger partial charge < -0.3 is 15.3 Å². The van der Waals surface area contributed by atoms with Gasteiger partial charge in [-0.25, -0.2) is 0 Å². The highest BCUT2D eigenvalue weighted by Gasteiger charge is 2.31. The van der Waals surface area contributed by atoms with Gasteiger partial charge in [0.1, 0.15) is 5.60 Å². The normalized spacial score (nSPS) is 15.2. The van der Waals surface area contributed by atoms with Crippen LogP contribution in [0.15, 0.2) is 12.2 Å². The quantitative estimate of drug-likeness (QED) is 0.149. The minimum Gasteiger partial charge on any atom is -0.393 e. The second kappa shape index (κ2) is 19.9. The van der Waals surface area contributed by atoms with Gasteiger partial charge in [-0.2, -0.15) is 0 Å². The maximum absolute atomic E-state index is 10.4. The summed E-state index contributed by atoms with van der Waals surface area (Å²) in [4.78, 5) is 0. The Hall–Kier alpha value is -0.380. The van der Waals surface area contributed by atoms with Crippen molar-refractivity contribution in [3.63, 3.8) is 0 Å². The lowest BCUT2D eigenvalue weighted by atomic mass is 9.92. The van der Waals surface area contributed by atoms with Crippen LogP contribution < -0.4 is 0 Å². The highest BCUT2D eigenvalue weighted by Crippen LogP contribution is 2.20. The van der Waals surface area contributed by atoms with E-state index < -0.39 is 18.3 Å². The van der Waals surface area contributed by atoms with Gasteiger partial charge in [-0.1, -0.05) is 129 Å². The van der Waals surface area contributed by atoms with E-state index >= 15 is 0 Å². The van der Waals surface area contributed by atoms with Gasteiger partial charge in [0, 0.05) is 0 Å². The van der Waals surface area contributed by atoms with E-state index in [2.05, 4.69) is 13.8 Å². The average molecular weight is 399 g/mol. The van der Waals surface area contributed by atoms with Crippen LogP contribution in [0.4, 0.5) is 0 Å². The maximum Gasteiger partial charge on any atom is 0.131 e. The predicted molar refractivity (Wildman–Crippen MR) is 122 cm³/mol. The fourth-order valence-corrected chi connectivity index (χ4v) is 3.66. The van der Waals surface area contributed by atoms with E-state index in [1.165, 1.54) is 77.0 Å². The van der Waals surface area contributed by atoms with Crippen molar-refractivity contribution in [2.75, 3.05) is 6.61 Å². The Morgan fingerprint density at radius 3 is 1.54 bits per heavy atom. The zero-order chi connectivity index (χ0) is 20.9. The molecule has 0 saturated carbocycles. The van der Waals surface area contributed by atoms with Crippen LogP contribution in [0.2, 0.25) is 0 Å². The molecule has 0 aliphatic rings. The summed E-state index contributed by atoms with van der Waals surface area (Å²) >= 11 is 0. The molecule has 3 nitrogen and oxygen atoms in total. The van der Waals surface area contributed by atoms with Crippen LogP contribution in [0.3, 0.4) is 0 Å². The summed E-state index contributed by atoms with van der Waals surface area (Å²) in [7, 11) is 0. The molecule has 0 rings (SSSR count). The molecule has 3 N–H and O–H groups in total. The summed E-state index contributed by atoms with van der Waals surface area (Å²) in [5, 5.41) is 30.1. The number of hydrogen-bond acceptors (Lipinski definition) is 3. The van der Waals surface area contributed by atoms with Crippen LogP contribution in [-0.4, -0.2) is 33.6 Å². The van der Waals surface area contributed by atoms with Crippen LogP contribution in [0.25, 0.3) is 0 Å². The number of allylic oxidation sites excluding steroid dienone is 1. The first-order valence-electron chi connectivity index (χ1n) is 12.3. The SMILES string of the molecule is CCCCC=CC(O)(CO)[C@@H](O)CCCCCCCCCCCCCCCC. The molecule has 28 heavy (non-hydrogen) atoms. The molecule has 0 heterocycles. The standard InChI is InChI=1S/C25H50O3/c1-3-5-7-9-10-11-12-13-14-15-16-17-18-19-21-24(27)25(28,23-26)22-20-8-6-4-2/h20,22,24,26-28H,3-19,21,23H2,1-2H3/t24-,25?/m0/s1. The Balaban J connectivity index is 3.57. The van der Waals surface area contributed by atoms with Crippen LogP contribution in [0, 0.1) is 0 Å². The zero-order valence-electron chi connectivity index (χ0n) is 19.0. The molecule has 0 amide bonds. The summed E-state index contributed by atoms with van der Waals surface area (Å²) in [6, 6.07) is 0. The van der Waals surface area contributed by atoms with Gasteiger partial charge in [-0.3, -0.25) is 0 Å². The van der Waals surface area contributed by atoms with Crippen molar-refractivity contribution in [1.82, 2.24) is 0 Å². The number of rotatable bonds is 21. The van der Waals surface area contributed by atoms with Crippen LogP contribution >= 0.6 is 0 Å². The van der Waals surface area contributed by atoms with E-state index in [0.717, 1.165) is 32.1 Å². The van der Waals surface area contributed by atoms with Crippen LogP contribution in [-0.2, 0) is 0 Å². The smallest absolute Gasteiger partial charge is 0.131 e. The van der Waals surface area contributed by atoms with Crippen molar-refractivity contribution < 1.29 is 15.3 Å². The first-order valence-corrected chi connectivity index (χ1v) is 12.3. The molecular formula is C25H50O3. The Morgan fingerprint density at radius 1 is 0.679 bits per heavy atom. The number of unbranched alkanes of at least 4 members (excludes halogenated alkanes) is 15. The van der Waals surface area contributed by atoms with Crippen molar-refractivity contribution in [2.45, 2.75) is 141 Å². The lowest BCUT2D eigenvalue weighted by molar-refractivity contribution is -0.0747. The van der Waals surface area contributed by atoms with E-state index in [-0.39, 0.29) is 0 Å². The molecule has 168 valence electrons. The molecule has 1 unspecified atom stereocenters. The predicted octanol–water partition coefficient (Wildman–Crippen LogP) is 6.69. The van der Waals surface area contributed by atoms with Gasteiger partial charge in [0.2, 0.25) is 0 Å². The first kappa shape index (κ1) is 27.6. The summed E-state index contributed by atoms with van der Waals surface area (Å²) in [5.74, 6) is 0. The Morgan fingerprint density at radius 2 is 1.11 bits per heavy atom. The molecule has 0 aromatic rings. The second-order valence-corrected chi connectivity index (χ2v) is 8.59. The lowest BCUT2D eigenvalue weighted by Gasteiger charge is -2.28. The lowest BCUT2D eigenvalue weighted by Crippen LogP contribution is -2.43. The fourth-order valence-electron chi connectivity index (χ4n) is 3.66. The van der Waals surface area contributed by atoms with Crippen molar-refractivity contribution in [3.8, 4) is 0 Å². The molecule has 0 radical (unpaired) electrons. The third-order valence-corrected chi connectivity index (χ3v) is 5.79. The molecular weight excluding hydrogens is 348 g/mol. The molecule has 0 fully saturated rings. The minimum absolute atomic E-state index is 0.421. The Kier molecular flexibility index (Phi) is 19.6. The van der Waals surface area contributed by atoms with Gasteiger partial charge in [0.25, 0.3) is 0 Å². The van der Waals surface area contributed by atoms with Crippen molar-refractivity contribution in [2.24, 2.45) is 0 Å². The van der Waals surface area contributed by atoms with Crippen molar-refractivity contribution in [3.05, 3.63) is 12.2 Å². The summed E-state index contributed by atoms with van der Waals surface area (Å²) in [5.41, 5.74) is -1.48. The molecule has 0 aliphatic carbocycles. The molecule has 0 bridgehead atoms. The van der Waals surface area contributed by atoms with Gasteiger partial charge in [0.05, 0.1) is 12.7 Å². The molecule has 0 saturated heterocycles. The fraction of sp³-hybridized carbons (Fsp3) is 0.920. The molecule has 0 aromatic carbocycles. The molecule has 2 atom stereocenters. The first-order chi connectivity index (χ1) is 13.6. The molecule has 0 aliphatic heterocycles. The average Bonchev–Trinajstić information content (AvgIpc) is 2.71. The Labute approximate surface area is 175 Å². The summed E-state index contributed by atoms with van der Waals surface area (Å²) < 4.78 is 0. The Bertz CT molecular complexity index is 343. The minimum atomic E-state index is -1.48. The summed E-state index contributed by atoms with van der Waals surface area (Å²) in [6.07, 6.45) is 24.5. The largest absolute Gasteiger partial charge is 0.393 e. The number of hydrogen-bond donors (Lipinski definition) is 3. The highest BCUT2D eigenvalue weighted by molar-refractivity contribution is 5.05. The molecule has 3 heteroatoms. The zero-order valence-corrected chi connectivity index (χ0v) is 19.0. The van der Waals surface area contributed by atoms with Gasteiger partial charge in [0.15, 0.2) is 0 Å². The highest BCUT2D eigenvalue weighted by atomic mass is 16.4. The van der Waals surface area contributed by atoms with E-state index in [0.29, 0.717) is 6.42 Å². The van der Waals surface area contributed by atoms with E-state index in [9.17, 15) is 15.3 Å². The third kappa shape index (κ3) is 15.5. The van der Waals surface area contributed by atoms with Crippen LogP contribution in [0.5, 0.6) is 0 Å². The van der Waals surface area contributed by atoms with Crippen molar-refractivity contribution >= 4 is 0 Å². The molecule has 0 aromatic heterocycles. The van der Waals surface area contributed by atoms with Crippen LogP contribution in [0.1, 0.15) is 129 Å². The second-order valence-electron chi connectivity index (χ2n) is 8.59. The van der Waals surface area contributed by atoms with Gasteiger partial charge in [-0.15, -0.1) is 0 Å². The number of aliphatic hydroxyl groups excluding tert-OH is 2. The third-order valence-electron chi connectivity index (χ3n) is 5.79. The number of aliphatic hydroxyl groups is 3. The summed E-state index contributed by atoms with van der Waals surface area (Å²) in [6.45, 7) is 3.97. The molecule has 0 spiro atoms. The van der Waals surface area contributed by atoms with Gasteiger partial charge >= 0.3 is 0 Å². The van der Waals surface area contributed by atoms with E-state index in [1.54, 1.807) is 6.08 Å². The topological polar surface area (TPSA) is 60.7 Å². The van der Waals surface area contributed by atoms with E-state index in [4.69, 9.17) is 0 Å². The van der Waals surface area contributed by atoms with E-state index in [1.807, 2.05) is 6.08 Å². The maximum atomic E-state index is 10.4.